The molecule has 7 N–H and O–H groups in total. The predicted molar refractivity (Wildman–Crippen MR) is 120 cm³/mol. The Morgan fingerprint density at radius 3 is 2.25 bits per heavy atom. The van der Waals surface area contributed by atoms with Crippen molar-refractivity contribution in [2.75, 3.05) is 33.9 Å². The molecule has 2 aliphatic heterocycles. The van der Waals surface area contributed by atoms with Gasteiger partial charge in [0.2, 0.25) is 17.7 Å². The van der Waals surface area contributed by atoms with Gasteiger partial charge in [-0.15, -0.1) is 0 Å². The topological polar surface area (TPSA) is 166 Å². The van der Waals surface area contributed by atoms with Gasteiger partial charge in [0, 0.05) is 13.5 Å². The van der Waals surface area contributed by atoms with Gasteiger partial charge in [-0.2, -0.15) is 0 Å². The van der Waals surface area contributed by atoms with Gasteiger partial charge in [0.25, 0.3) is 0 Å². The van der Waals surface area contributed by atoms with Gasteiger partial charge in [0.05, 0.1) is 29.3 Å². The number of amides is 4. The standard InChI is InChI=1S/C11H13N3O2.C10H11N3O3/c1-7(15)14-6-8(12)11(16)13-9-4-2-3-5-10(9)14;14-9-8(13-10(15)16)5-11-6-3-1-2-4-7(6)12-9/h2-5,8H,6,12H2,1H3,(H,13,16);1-4,8,11,13H,5H2,(H,12,14)(H,15,16)/t;8-/m.0/s1. The zero-order valence-corrected chi connectivity index (χ0v) is 17.3. The molecule has 2 aromatic carbocycles. The Balaban J connectivity index is 0.000000181. The average Bonchev–Trinajstić information content (AvgIpc) is 2.98. The number of carbonyl (C=O) groups excluding carboxylic acids is 3. The molecule has 0 fully saturated rings. The van der Waals surface area contributed by atoms with Crippen LogP contribution in [-0.4, -0.2) is 54.1 Å². The SMILES string of the molecule is CC(=O)N1CC(N)C(=O)Nc2ccccc21.O=C(O)N[C@H]1CNc2ccccc2NC1=O. The number of para-hydroxylation sites is 4. The van der Waals surface area contributed by atoms with Crippen molar-refractivity contribution in [3.63, 3.8) is 0 Å². The lowest BCUT2D eigenvalue weighted by Gasteiger charge is -2.21. The van der Waals surface area contributed by atoms with E-state index in [1.165, 1.54) is 11.8 Å². The van der Waals surface area contributed by atoms with E-state index in [4.69, 9.17) is 10.8 Å². The third-order valence-corrected chi connectivity index (χ3v) is 4.84. The highest BCUT2D eigenvalue weighted by Gasteiger charge is 2.27. The van der Waals surface area contributed by atoms with Gasteiger partial charge in [0.15, 0.2) is 0 Å². The number of nitrogens with one attached hydrogen (secondary N) is 4. The number of hydrogen-bond donors (Lipinski definition) is 6. The molecule has 2 atom stereocenters. The number of fused-ring (bicyclic) bond motifs is 2. The minimum Gasteiger partial charge on any atom is -0.465 e. The third-order valence-electron chi connectivity index (χ3n) is 4.84. The maximum Gasteiger partial charge on any atom is 0.405 e. The highest BCUT2D eigenvalue weighted by molar-refractivity contribution is 6.05. The van der Waals surface area contributed by atoms with E-state index in [0.29, 0.717) is 17.1 Å². The number of nitrogens with zero attached hydrogens (tertiary/aromatic N) is 1. The molecule has 0 spiro atoms. The van der Waals surface area contributed by atoms with Crippen LogP contribution in [0, 0.1) is 0 Å². The maximum atomic E-state index is 11.6. The number of anilines is 4. The highest BCUT2D eigenvalue weighted by Crippen LogP contribution is 2.28. The normalized spacial score (nSPS) is 19.2. The van der Waals surface area contributed by atoms with Crippen LogP contribution in [0.5, 0.6) is 0 Å². The number of carbonyl (C=O) groups is 4. The van der Waals surface area contributed by atoms with Crippen molar-refractivity contribution in [1.29, 1.82) is 0 Å². The number of benzene rings is 2. The van der Waals surface area contributed by atoms with Gasteiger partial charge in [-0.1, -0.05) is 24.3 Å². The fourth-order valence-electron chi connectivity index (χ4n) is 3.25. The van der Waals surface area contributed by atoms with Crippen LogP contribution in [0.15, 0.2) is 48.5 Å². The summed E-state index contributed by atoms with van der Waals surface area (Å²) in [5, 5.41) is 19.1. The summed E-state index contributed by atoms with van der Waals surface area (Å²) in [4.78, 5) is 46.7. The summed E-state index contributed by atoms with van der Waals surface area (Å²) < 4.78 is 0. The molecule has 2 heterocycles. The fraction of sp³-hybridized carbons (Fsp3) is 0.238. The van der Waals surface area contributed by atoms with Crippen LogP contribution in [0.1, 0.15) is 6.92 Å². The van der Waals surface area contributed by atoms with E-state index >= 15 is 0 Å². The van der Waals surface area contributed by atoms with E-state index in [9.17, 15) is 19.2 Å². The Morgan fingerprint density at radius 1 is 1.00 bits per heavy atom. The predicted octanol–water partition coefficient (Wildman–Crippen LogP) is 1.01. The van der Waals surface area contributed by atoms with Crippen molar-refractivity contribution in [3.05, 3.63) is 48.5 Å². The van der Waals surface area contributed by atoms with E-state index in [1.54, 1.807) is 30.3 Å². The van der Waals surface area contributed by atoms with Crippen molar-refractivity contribution in [1.82, 2.24) is 5.32 Å². The van der Waals surface area contributed by atoms with Crippen LogP contribution >= 0.6 is 0 Å². The second-order valence-corrected chi connectivity index (χ2v) is 7.16. The van der Waals surface area contributed by atoms with Crippen LogP contribution in [0.4, 0.5) is 27.5 Å². The summed E-state index contributed by atoms with van der Waals surface area (Å²) in [6, 6.07) is 12.9. The van der Waals surface area contributed by atoms with Gasteiger partial charge >= 0.3 is 6.09 Å². The Hall–Kier alpha value is -4.12. The molecule has 0 aromatic heterocycles. The van der Waals surface area contributed by atoms with Crippen LogP contribution in [0.25, 0.3) is 0 Å². The van der Waals surface area contributed by atoms with Gasteiger partial charge in [-0.3, -0.25) is 14.4 Å². The van der Waals surface area contributed by atoms with Crippen molar-refractivity contribution in [2.45, 2.75) is 19.0 Å². The number of rotatable bonds is 1. The molecule has 11 nitrogen and oxygen atoms in total. The van der Waals surface area contributed by atoms with Gasteiger partial charge in [0.1, 0.15) is 12.1 Å². The Bertz CT molecular complexity index is 1040. The average molecular weight is 440 g/mol. The molecule has 168 valence electrons. The summed E-state index contributed by atoms with van der Waals surface area (Å²) >= 11 is 0. The minimum atomic E-state index is -1.21. The van der Waals surface area contributed by atoms with Gasteiger partial charge < -0.3 is 37.0 Å². The lowest BCUT2D eigenvalue weighted by atomic mass is 10.2. The minimum absolute atomic E-state index is 0.126. The zero-order valence-electron chi connectivity index (χ0n) is 17.3. The molecule has 4 amide bonds. The molecule has 0 aliphatic carbocycles. The quantitative estimate of drug-likeness (QED) is 0.385. The molecule has 4 rings (SSSR count). The largest absolute Gasteiger partial charge is 0.465 e. The lowest BCUT2D eigenvalue weighted by molar-refractivity contribution is -0.118. The summed E-state index contributed by atoms with van der Waals surface area (Å²) in [5.74, 6) is -0.754. The summed E-state index contributed by atoms with van der Waals surface area (Å²) in [6.07, 6.45) is -1.21. The molecule has 11 heteroatoms. The maximum absolute atomic E-state index is 11.6. The first-order chi connectivity index (χ1) is 15.3. The molecule has 32 heavy (non-hydrogen) atoms. The molecular formula is C21H24N6O5. The van der Waals surface area contributed by atoms with E-state index in [0.717, 1.165) is 5.69 Å². The van der Waals surface area contributed by atoms with E-state index in [1.807, 2.05) is 18.2 Å². The first-order valence-corrected chi connectivity index (χ1v) is 9.83. The highest BCUT2D eigenvalue weighted by atomic mass is 16.4. The third kappa shape index (κ3) is 5.32. The van der Waals surface area contributed by atoms with Crippen molar-refractivity contribution in [3.8, 4) is 0 Å². The molecule has 2 aromatic rings. The number of hydrogen-bond acceptors (Lipinski definition) is 6. The van der Waals surface area contributed by atoms with Gasteiger partial charge in [-0.05, 0) is 24.3 Å². The van der Waals surface area contributed by atoms with Crippen LogP contribution in [0.3, 0.4) is 0 Å². The van der Waals surface area contributed by atoms with E-state index < -0.39 is 18.2 Å². The summed E-state index contributed by atoms with van der Waals surface area (Å²) in [6.45, 7) is 1.90. The molecule has 0 saturated heterocycles. The first kappa shape index (κ1) is 22.6. The van der Waals surface area contributed by atoms with E-state index in [2.05, 4.69) is 21.3 Å². The Morgan fingerprint density at radius 2 is 1.59 bits per heavy atom. The molecular weight excluding hydrogens is 416 g/mol. The molecule has 0 saturated carbocycles. The second-order valence-electron chi connectivity index (χ2n) is 7.16. The van der Waals surface area contributed by atoms with Crippen LogP contribution in [-0.2, 0) is 14.4 Å². The van der Waals surface area contributed by atoms with Gasteiger partial charge in [-0.25, -0.2) is 4.79 Å². The smallest absolute Gasteiger partial charge is 0.405 e. The second kappa shape index (κ2) is 9.79. The Labute approximate surface area is 184 Å². The fourth-order valence-corrected chi connectivity index (χ4v) is 3.25. The Kier molecular flexibility index (Phi) is 6.90. The number of carboxylic acid groups (broad SMARTS) is 1. The lowest BCUT2D eigenvalue weighted by Crippen LogP contribution is -2.46. The number of nitrogens with two attached hydrogens (primary N) is 1. The zero-order chi connectivity index (χ0) is 23.3. The van der Waals surface area contributed by atoms with Crippen LogP contribution in [0.2, 0.25) is 0 Å². The van der Waals surface area contributed by atoms with E-state index in [-0.39, 0.29) is 30.8 Å². The van der Waals surface area contributed by atoms with Crippen molar-refractivity contribution in [2.24, 2.45) is 5.73 Å². The van der Waals surface area contributed by atoms with Crippen molar-refractivity contribution >= 4 is 46.6 Å². The van der Waals surface area contributed by atoms with Crippen LogP contribution < -0.4 is 31.9 Å². The summed E-state index contributed by atoms with van der Waals surface area (Å²) in [5.41, 5.74) is 8.43. The molecule has 2 aliphatic rings. The first-order valence-electron chi connectivity index (χ1n) is 9.83. The van der Waals surface area contributed by atoms with Crippen molar-refractivity contribution < 1.29 is 24.3 Å². The molecule has 1 unspecified atom stereocenters. The summed E-state index contributed by atoms with van der Waals surface area (Å²) in [7, 11) is 0. The molecule has 0 bridgehead atoms. The monoisotopic (exact) mass is 440 g/mol. The molecule has 0 radical (unpaired) electrons.